The van der Waals surface area contributed by atoms with Crippen molar-refractivity contribution in [3.63, 3.8) is 0 Å². The Hall–Kier alpha value is -3.84. The van der Waals surface area contributed by atoms with Gasteiger partial charge < -0.3 is 59.7 Å². The lowest BCUT2D eigenvalue weighted by molar-refractivity contribution is -0.655. The first-order valence-corrected chi connectivity index (χ1v) is 6.26. The summed E-state index contributed by atoms with van der Waals surface area (Å²) in [6.07, 6.45) is 0. The van der Waals surface area contributed by atoms with E-state index in [4.69, 9.17) is 0 Å². The first-order valence-electron chi connectivity index (χ1n) is 6.26. The number of hydrogen-bond acceptors (Lipinski definition) is 24. The molecular formula is C6H6N6O18. The molecule has 168 valence electrons. The number of nitrogens with zero attached hydrogens (tertiary/aromatic N) is 6. The largest absolute Gasteiger partial charge is 0.388 e. The Morgan fingerprint density at radius 3 is 0.500 bits per heavy atom. The summed E-state index contributed by atoms with van der Waals surface area (Å²) in [5.41, 5.74) is 0. The molecule has 0 aromatic carbocycles. The zero-order valence-electron chi connectivity index (χ0n) is 13.3. The summed E-state index contributed by atoms with van der Waals surface area (Å²) in [6, 6.07) is 0. The number of hydrogen-bond donors (Lipinski definition) is 6. The number of aliphatic hydroxyl groups is 6. The molecule has 0 saturated heterocycles. The SMILES string of the molecule is O=NOC1(O)C(O)(ON=O)C(O)(ON=O)C(O)(ON=O)C(O)(ON=O)C1(O)ON=O. The van der Waals surface area contributed by atoms with E-state index in [-0.39, 0.29) is 0 Å². The van der Waals surface area contributed by atoms with Crippen LogP contribution in [0.1, 0.15) is 0 Å². The molecule has 0 amide bonds. The summed E-state index contributed by atoms with van der Waals surface area (Å²) >= 11 is 0. The standard InChI is InChI=1S/C6H6N6O18/c13-1(25-7-19)2(14,26-8-20)4(16,28-10-22)6(18,30-12-24)5(17,29-11-23)3(1,15)27-9-21/h13-18H. The van der Waals surface area contributed by atoms with Crippen LogP contribution in [-0.2, 0) is 29.0 Å². The predicted molar refractivity (Wildman–Crippen MR) is 71.0 cm³/mol. The van der Waals surface area contributed by atoms with E-state index >= 15 is 0 Å². The van der Waals surface area contributed by atoms with Crippen LogP contribution in [0.4, 0.5) is 0 Å². The highest BCUT2D eigenvalue weighted by atomic mass is 17.0. The zero-order valence-corrected chi connectivity index (χ0v) is 13.3. The Balaban J connectivity index is 4.33. The maximum absolute atomic E-state index is 10.5. The molecule has 0 radical (unpaired) electrons. The van der Waals surface area contributed by atoms with E-state index in [0.717, 1.165) is 0 Å². The molecule has 0 aliphatic heterocycles. The fourth-order valence-electron chi connectivity index (χ4n) is 2.44. The third-order valence-corrected chi connectivity index (χ3v) is 3.77. The van der Waals surface area contributed by atoms with Crippen LogP contribution in [0.2, 0.25) is 0 Å². The predicted octanol–water partition coefficient (Wildman–Crippen LogP) is -3.68. The fourth-order valence-corrected chi connectivity index (χ4v) is 2.44. The lowest BCUT2D eigenvalue weighted by Crippen LogP contribution is -2.97. The molecule has 24 nitrogen and oxygen atoms in total. The lowest BCUT2D eigenvalue weighted by atomic mass is 9.69. The maximum Gasteiger partial charge on any atom is 0.388 e. The minimum absolute atomic E-state index is 1.41. The molecule has 0 aromatic heterocycles. The van der Waals surface area contributed by atoms with Gasteiger partial charge in [0.05, 0.1) is 0 Å². The highest BCUT2D eigenvalue weighted by Gasteiger charge is 3.03. The van der Waals surface area contributed by atoms with Gasteiger partial charge in [0, 0.05) is 0 Å². The molecule has 0 atom stereocenters. The monoisotopic (exact) mass is 450 g/mol. The Labute approximate surface area is 157 Å². The summed E-state index contributed by atoms with van der Waals surface area (Å²) in [5.74, 6) is -30.4. The van der Waals surface area contributed by atoms with Gasteiger partial charge in [-0.1, -0.05) is 0 Å². The fraction of sp³-hybridized carbons (Fsp3) is 1.00. The third kappa shape index (κ3) is 2.36. The third-order valence-electron chi connectivity index (χ3n) is 3.77. The zero-order chi connectivity index (χ0) is 23.5. The van der Waals surface area contributed by atoms with Crippen LogP contribution in [0.15, 0.2) is 32.0 Å². The van der Waals surface area contributed by atoms with Crippen molar-refractivity contribution in [1.82, 2.24) is 0 Å². The van der Waals surface area contributed by atoms with Crippen molar-refractivity contribution in [3.05, 3.63) is 29.4 Å². The Morgan fingerprint density at radius 1 is 0.333 bits per heavy atom. The van der Waals surface area contributed by atoms with E-state index in [0.29, 0.717) is 0 Å². The van der Waals surface area contributed by atoms with Crippen LogP contribution in [0, 0.1) is 29.4 Å². The molecule has 24 heteroatoms. The minimum atomic E-state index is -5.07. The molecule has 1 aliphatic rings. The van der Waals surface area contributed by atoms with Crippen molar-refractivity contribution >= 4 is 0 Å². The second-order valence-electron chi connectivity index (χ2n) is 4.86. The van der Waals surface area contributed by atoms with Gasteiger partial charge in [-0.05, 0) is 0 Å². The second-order valence-corrected chi connectivity index (χ2v) is 4.86. The summed E-state index contributed by atoms with van der Waals surface area (Å²) in [5, 5.41) is 70.8. The molecular weight excluding hydrogens is 444 g/mol. The molecule has 0 bridgehead atoms. The molecule has 6 N–H and O–H groups in total. The summed E-state index contributed by atoms with van der Waals surface area (Å²) in [6.45, 7) is 0. The van der Waals surface area contributed by atoms with E-state index in [2.05, 4.69) is 29.0 Å². The smallest absolute Gasteiger partial charge is 0.344 e. The first kappa shape index (κ1) is 24.2. The molecule has 0 aromatic rings. The lowest BCUT2D eigenvalue weighted by Gasteiger charge is -2.59. The Morgan fingerprint density at radius 2 is 0.433 bits per heavy atom. The molecule has 0 unspecified atom stereocenters. The molecule has 1 fully saturated rings. The molecule has 0 heterocycles. The van der Waals surface area contributed by atoms with E-state index in [1.54, 1.807) is 0 Å². The number of rotatable bonds is 12. The summed E-state index contributed by atoms with van der Waals surface area (Å²) < 4.78 is 0. The van der Waals surface area contributed by atoms with Crippen LogP contribution in [-0.4, -0.2) is 65.4 Å². The van der Waals surface area contributed by atoms with Gasteiger partial charge in [0.15, 0.2) is 32.0 Å². The van der Waals surface area contributed by atoms with E-state index in [1.165, 1.54) is 32.0 Å². The minimum Gasteiger partial charge on any atom is -0.344 e. The molecule has 1 saturated carbocycles. The Kier molecular flexibility index (Phi) is 6.07. The van der Waals surface area contributed by atoms with Gasteiger partial charge >= 0.3 is 34.7 Å². The van der Waals surface area contributed by atoms with E-state index < -0.39 is 34.7 Å². The van der Waals surface area contributed by atoms with Crippen LogP contribution < -0.4 is 0 Å². The van der Waals surface area contributed by atoms with E-state index in [9.17, 15) is 60.1 Å². The van der Waals surface area contributed by atoms with Gasteiger partial charge in [0.1, 0.15) is 0 Å². The van der Waals surface area contributed by atoms with Crippen molar-refractivity contribution < 1.29 is 59.7 Å². The van der Waals surface area contributed by atoms with Gasteiger partial charge in [-0.3, -0.25) is 0 Å². The van der Waals surface area contributed by atoms with Crippen LogP contribution in [0.3, 0.4) is 0 Å². The first-order chi connectivity index (χ1) is 13.9. The topological polar surface area (TPSA) is 353 Å². The van der Waals surface area contributed by atoms with Crippen LogP contribution >= 0.6 is 0 Å². The van der Waals surface area contributed by atoms with Crippen molar-refractivity contribution in [2.45, 2.75) is 34.7 Å². The van der Waals surface area contributed by atoms with E-state index in [1.807, 2.05) is 0 Å². The molecule has 0 spiro atoms. The summed E-state index contributed by atoms with van der Waals surface area (Å²) in [7, 11) is 0. The molecule has 1 rings (SSSR count). The van der Waals surface area contributed by atoms with Crippen molar-refractivity contribution in [3.8, 4) is 0 Å². The van der Waals surface area contributed by atoms with Crippen LogP contribution in [0.25, 0.3) is 0 Å². The average Bonchev–Trinajstić information content (AvgIpc) is 2.67. The van der Waals surface area contributed by atoms with Crippen LogP contribution in [0.5, 0.6) is 0 Å². The molecule has 1 aliphatic carbocycles. The quantitative estimate of drug-likeness (QED) is 0.0946. The van der Waals surface area contributed by atoms with Crippen molar-refractivity contribution in [2.75, 3.05) is 0 Å². The average molecular weight is 450 g/mol. The van der Waals surface area contributed by atoms with Crippen molar-refractivity contribution in [2.24, 2.45) is 32.0 Å². The summed E-state index contributed by atoms with van der Waals surface area (Å²) in [4.78, 5) is 84.1. The van der Waals surface area contributed by atoms with Gasteiger partial charge in [-0.25, -0.2) is 0 Å². The van der Waals surface area contributed by atoms with Gasteiger partial charge in [0.25, 0.3) is 0 Å². The van der Waals surface area contributed by atoms with Gasteiger partial charge in [-0.2, -0.15) is 0 Å². The highest BCUT2D eigenvalue weighted by molar-refractivity contribution is 5.24. The highest BCUT2D eigenvalue weighted by Crippen LogP contribution is 2.61. The second kappa shape index (κ2) is 7.53. The maximum atomic E-state index is 10.5. The normalized spacial score (nSPS) is 42.6. The molecule has 30 heavy (non-hydrogen) atoms. The Bertz CT molecular complexity index is 559. The van der Waals surface area contributed by atoms with Gasteiger partial charge in [-0.15, -0.1) is 29.4 Å². The van der Waals surface area contributed by atoms with Gasteiger partial charge in [0.2, 0.25) is 0 Å². The van der Waals surface area contributed by atoms with Crippen molar-refractivity contribution in [1.29, 1.82) is 0 Å².